The molecule has 0 aliphatic carbocycles. The van der Waals surface area contributed by atoms with E-state index in [1.54, 1.807) is 0 Å². The van der Waals surface area contributed by atoms with Crippen molar-refractivity contribution in [1.82, 2.24) is 19.7 Å². The summed E-state index contributed by atoms with van der Waals surface area (Å²) in [5, 5.41) is 5.59. The van der Waals surface area contributed by atoms with E-state index in [0.717, 1.165) is 72.5 Å². The number of fused-ring (bicyclic) bond motifs is 1. The third kappa shape index (κ3) is 7.49. The Hall–Kier alpha value is -2.24. The van der Waals surface area contributed by atoms with Crippen LogP contribution in [0.5, 0.6) is 0 Å². The van der Waals surface area contributed by atoms with E-state index in [4.69, 9.17) is 9.57 Å². The van der Waals surface area contributed by atoms with Gasteiger partial charge in [-0.3, -0.25) is 14.6 Å². The molecule has 0 spiro atoms. The Morgan fingerprint density at radius 3 is 2.64 bits per heavy atom. The van der Waals surface area contributed by atoms with Gasteiger partial charge in [-0.05, 0) is 43.2 Å². The monoisotopic (exact) mass is 659 g/mol. The van der Waals surface area contributed by atoms with Gasteiger partial charge in [-0.2, -0.15) is 0 Å². The summed E-state index contributed by atoms with van der Waals surface area (Å²) in [4.78, 5) is 29.5. The first-order valence-electron chi connectivity index (χ1n) is 13.5. The van der Waals surface area contributed by atoms with Crippen molar-refractivity contribution in [2.24, 2.45) is 5.16 Å². The molecule has 2 fully saturated rings. The highest BCUT2D eigenvalue weighted by Crippen LogP contribution is 2.26. The zero-order valence-electron chi connectivity index (χ0n) is 22.2. The Bertz CT molecular complexity index is 1290. The molecule has 1 amide bonds. The van der Waals surface area contributed by atoms with E-state index in [2.05, 4.69) is 76.2 Å². The molecule has 1 aromatic heterocycles. The van der Waals surface area contributed by atoms with Crippen LogP contribution in [0.4, 0.5) is 0 Å². The fourth-order valence-electron chi connectivity index (χ4n) is 5.41. The van der Waals surface area contributed by atoms with Crippen LogP contribution in [0.15, 0.2) is 62.8 Å². The fraction of sp³-hybridized carbons (Fsp3) is 0.448. The minimum absolute atomic E-state index is 0.0262. The van der Waals surface area contributed by atoms with Crippen LogP contribution in [-0.2, 0) is 16.0 Å². The number of aromatic amines is 1. The molecule has 2 aromatic carbocycles. The van der Waals surface area contributed by atoms with Crippen molar-refractivity contribution in [3.8, 4) is 0 Å². The molecule has 1 atom stereocenters. The predicted molar refractivity (Wildman–Crippen MR) is 161 cm³/mol. The average Bonchev–Trinajstić information content (AvgIpc) is 3.34. The predicted octanol–water partition coefficient (Wildman–Crippen LogP) is 4.79. The number of aromatic nitrogens is 1. The molecule has 0 unspecified atom stereocenters. The molecule has 10 heteroatoms. The number of hydrogen-bond donors (Lipinski definition) is 1. The summed E-state index contributed by atoms with van der Waals surface area (Å²) in [7, 11) is 0. The van der Waals surface area contributed by atoms with Crippen LogP contribution in [0.2, 0.25) is 0 Å². The summed E-state index contributed by atoms with van der Waals surface area (Å²) >= 11 is 7.07. The molecule has 5 rings (SSSR count). The first-order valence-corrected chi connectivity index (χ1v) is 15.0. The number of ether oxygens (including phenoxy) is 1. The number of nitrogens with zero attached hydrogens (tertiary/aromatic N) is 4. The zero-order valence-corrected chi connectivity index (χ0v) is 25.4. The van der Waals surface area contributed by atoms with Gasteiger partial charge in [0.2, 0.25) is 0 Å². The summed E-state index contributed by atoms with van der Waals surface area (Å²) in [6.07, 6.45) is 2.85. The van der Waals surface area contributed by atoms with Gasteiger partial charge in [0.05, 0.1) is 18.9 Å². The molecular weight excluding hydrogens is 626 g/mol. The number of piperazine rings is 1. The second-order valence-electron chi connectivity index (χ2n) is 10.2. The van der Waals surface area contributed by atoms with Gasteiger partial charge in [0, 0.05) is 83.5 Å². The lowest BCUT2D eigenvalue weighted by molar-refractivity contribution is 0.0209. The molecule has 208 valence electrons. The lowest BCUT2D eigenvalue weighted by atomic mass is 10.00. The molecule has 2 saturated heterocycles. The van der Waals surface area contributed by atoms with Crippen LogP contribution < -0.4 is 0 Å². The van der Waals surface area contributed by atoms with Crippen LogP contribution in [0.3, 0.4) is 0 Å². The highest BCUT2D eigenvalue weighted by Gasteiger charge is 2.32. The lowest BCUT2D eigenvalue weighted by Crippen LogP contribution is -2.56. The lowest BCUT2D eigenvalue weighted by Gasteiger charge is -2.41. The molecule has 3 aromatic rings. The van der Waals surface area contributed by atoms with Crippen molar-refractivity contribution in [1.29, 1.82) is 0 Å². The maximum atomic E-state index is 13.7. The summed E-state index contributed by atoms with van der Waals surface area (Å²) in [6, 6.07) is 14.1. The van der Waals surface area contributed by atoms with Crippen molar-refractivity contribution < 1.29 is 14.4 Å². The first kappa shape index (κ1) is 28.3. The van der Waals surface area contributed by atoms with E-state index < -0.39 is 0 Å². The molecular formula is C29H35Br2N5O3. The fourth-order valence-corrected chi connectivity index (χ4v) is 6.70. The Labute approximate surface area is 246 Å². The van der Waals surface area contributed by atoms with Gasteiger partial charge in [0.1, 0.15) is 6.61 Å². The number of halogens is 2. The molecule has 0 bridgehead atoms. The largest absolute Gasteiger partial charge is 0.394 e. The second-order valence-corrected chi connectivity index (χ2v) is 12.1. The van der Waals surface area contributed by atoms with Gasteiger partial charge < -0.3 is 19.5 Å². The molecule has 39 heavy (non-hydrogen) atoms. The minimum Gasteiger partial charge on any atom is -0.394 e. The van der Waals surface area contributed by atoms with Crippen LogP contribution >= 0.6 is 31.9 Å². The molecule has 0 saturated carbocycles. The van der Waals surface area contributed by atoms with E-state index in [0.29, 0.717) is 25.3 Å². The standard InChI is InChI=1S/C29H35Br2N5O3/c1-21(33-39-13-10-34-8-11-38-12-9-34)19-35-6-7-36(29(37)22-14-24(30)17-25(31)15-22)26(20-35)16-23-18-32-28-5-3-2-4-27(23)28/h2-5,14-15,17-18,26,32H,6-13,16,19-20H2,1H3/b33-21+/t26-/m1/s1. The Morgan fingerprint density at radius 1 is 1.08 bits per heavy atom. The van der Waals surface area contributed by atoms with Gasteiger partial charge in [-0.15, -0.1) is 0 Å². The average molecular weight is 661 g/mol. The normalized spacial score (nSPS) is 19.5. The van der Waals surface area contributed by atoms with E-state index in [1.165, 1.54) is 10.9 Å². The topological polar surface area (TPSA) is 73.4 Å². The Morgan fingerprint density at radius 2 is 1.85 bits per heavy atom. The molecule has 2 aliphatic rings. The smallest absolute Gasteiger partial charge is 0.254 e. The van der Waals surface area contributed by atoms with Gasteiger partial charge >= 0.3 is 0 Å². The first-order chi connectivity index (χ1) is 19.0. The van der Waals surface area contributed by atoms with E-state index in [-0.39, 0.29) is 11.9 Å². The van der Waals surface area contributed by atoms with Crippen LogP contribution in [-0.4, -0.2) is 103 Å². The molecule has 0 radical (unpaired) electrons. The third-order valence-corrected chi connectivity index (χ3v) is 8.26. The quantitative estimate of drug-likeness (QED) is 0.203. The van der Waals surface area contributed by atoms with Crippen molar-refractivity contribution in [2.75, 3.05) is 65.6 Å². The summed E-state index contributed by atoms with van der Waals surface area (Å²) in [5.74, 6) is 0.0540. The maximum Gasteiger partial charge on any atom is 0.254 e. The minimum atomic E-state index is 0.0262. The number of carbonyl (C=O) groups is 1. The highest BCUT2D eigenvalue weighted by molar-refractivity contribution is 9.11. The van der Waals surface area contributed by atoms with Gasteiger partial charge in [-0.25, -0.2) is 0 Å². The Balaban J connectivity index is 1.26. The van der Waals surface area contributed by atoms with E-state index >= 15 is 0 Å². The Kier molecular flexibility index (Phi) is 9.73. The van der Waals surface area contributed by atoms with Crippen LogP contribution in [0.1, 0.15) is 22.8 Å². The SMILES string of the molecule is C/C(CN1CCN(C(=O)c2cc(Br)cc(Br)c2)[C@H](Cc2c[nH]c3ccccc23)C1)=N\OCCN1CCOCC1. The van der Waals surface area contributed by atoms with Gasteiger partial charge in [0.15, 0.2) is 0 Å². The molecule has 2 aliphatic heterocycles. The molecule has 1 N–H and O–H groups in total. The van der Waals surface area contributed by atoms with Gasteiger partial charge in [-0.1, -0.05) is 55.2 Å². The number of para-hydroxylation sites is 1. The van der Waals surface area contributed by atoms with Crippen LogP contribution in [0.25, 0.3) is 10.9 Å². The van der Waals surface area contributed by atoms with E-state index in [9.17, 15) is 4.79 Å². The number of amides is 1. The summed E-state index contributed by atoms with van der Waals surface area (Å²) in [5.41, 5.74) is 3.97. The second kappa shape index (κ2) is 13.4. The summed E-state index contributed by atoms with van der Waals surface area (Å²) in [6.45, 7) is 9.84. The number of morpholine rings is 1. The van der Waals surface area contributed by atoms with Gasteiger partial charge in [0.25, 0.3) is 5.91 Å². The third-order valence-electron chi connectivity index (χ3n) is 7.34. The van der Waals surface area contributed by atoms with Crippen molar-refractivity contribution in [2.45, 2.75) is 19.4 Å². The van der Waals surface area contributed by atoms with Crippen molar-refractivity contribution in [3.05, 3.63) is 68.7 Å². The number of carbonyl (C=O) groups excluding carboxylic acids is 1. The molecule has 8 nitrogen and oxygen atoms in total. The number of rotatable bonds is 9. The zero-order chi connectivity index (χ0) is 27.2. The number of hydrogen-bond acceptors (Lipinski definition) is 6. The van der Waals surface area contributed by atoms with Crippen LogP contribution in [0, 0.1) is 0 Å². The summed E-state index contributed by atoms with van der Waals surface area (Å²) < 4.78 is 7.17. The number of H-pyrrole nitrogens is 1. The van der Waals surface area contributed by atoms with Crippen molar-refractivity contribution in [3.63, 3.8) is 0 Å². The number of oxime groups is 1. The van der Waals surface area contributed by atoms with Crippen molar-refractivity contribution >= 4 is 54.4 Å². The van der Waals surface area contributed by atoms with E-state index in [1.807, 2.05) is 36.1 Å². The highest BCUT2D eigenvalue weighted by atomic mass is 79.9. The number of nitrogens with one attached hydrogen (secondary N) is 1. The maximum absolute atomic E-state index is 13.7. The molecule has 3 heterocycles. The number of benzene rings is 2.